The summed E-state index contributed by atoms with van der Waals surface area (Å²) in [5, 5.41) is 3.46. The van der Waals surface area contributed by atoms with Crippen molar-refractivity contribution in [2.24, 2.45) is 0 Å². The van der Waals surface area contributed by atoms with Crippen molar-refractivity contribution in [2.45, 2.75) is 45.4 Å². The molecule has 5 heteroatoms. The molecule has 0 radical (unpaired) electrons. The molecule has 0 amide bonds. The second kappa shape index (κ2) is 7.09. The number of carbonyl (C=O) groups excluding carboxylic acids is 1. The van der Waals surface area contributed by atoms with Crippen molar-refractivity contribution in [3.8, 4) is 5.75 Å². The predicted molar refractivity (Wildman–Crippen MR) is 80.7 cm³/mol. The van der Waals surface area contributed by atoms with Gasteiger partial charge in [0.1, 0.15) is 5.75 Å². The van der Waals surface area contributed by atoms with Gasteiger partial charge in [-0.25, -0.2) is 4.79 Å². The lowest BCUT2D eigenvalue weighted by atomic mass is 10.2. The Morgan fingerprint density at radius 1 is 1.50 bits per heavy atom. The Balaban J connectivity index is 1.96. The van der Waals surface area contributed by atoms with E-state index in [1.165, 1.54) is 12.8 Å². The van der Waals surface area contributed by atoms with Crippen LogP contribution in [0.4, 0.5) is 0 Å². The Labute approximate surface area is 128 Å². The molecule has 1 N–H and O–H groups in total. The summed E-state index contributed by atoms with van der Waals surface area (Å²) >= 11 is 3.53. The molecule has 1 fully saturated rings. The molecule has 0 saturated heterocycles. The number of ether oxygens (including phenoxy) is 2. The zero-order chi connectivity index (χ0) is 14.5. The van der Waals surface area contributed by atoms with Gasteiger partial charge in [-0.1, -0.05) is 15.9 Å². The van der Waals surface area contributed by atoms with Crippen LogP contribution in [0.25, 0.3) is 0 Å². The summed E-state index contributed by atoms with van der Waals surface area (Å²) in [6.45, 7) is 4.65. The summed E-state index contributed by atoms with van der Waals surface area (Å²) in [6, 6.07) is 6.40. The molecule has 1 saturated carbocycles. The zero-order valence-corrected chi connectivity index (χ0v) is 13.4. The molecule has 110 valence electrons. The molecule has 0 bridgehead atoms. The van der Waals surface area contributed by atoms with Crippen LogP contribution in [0.2, 0.25) is 0 Å². The molecule has 2 rings (SSSR count). The molecule has 20 heavy (non-hydrogen) atoms. The molecule has 1 atom stereocenters. The van der Waals surface area contributed by atoms with Crippen LogP contribution in [0.1, 0.15) is 32.3 Å². The van der Waals surface area contributed by atoms with Crippen molar-refractivity contribution < 1.29 is 14.3 Å². The lowest BCUT2D eigenvalue weighted by Gasteiger charge is -2.15. The summed E-state index contributed by atoms with van der Waals surface area (Å²) < 4.78 is 11.6. The normalized spacial score (nSPS) is 15.8. The highest BCUT2D eigenvalue weighted by molar-refractivity contribution is 9.10. The highest BCUT2D eigenvalue weighted by Crippen LogP contribution is 2.25. The van der Waals surface area contributed by atoms with E-state index in [4.69, 9.17) is 9.47 Å². The number of hydrogen-bond donors (Lipinski definition) is 1. The largest absolute Gasteiger partial charge is 0.479 e. The molecule has 1 aliphatic rings. The van der Waals surface area contributed by atoms with E-state index >= 15 is 0 Å². The van der Waals surface area contributed by atoms with E-state index in [9.17, 15) is 4.79 Å². The fourth-order valence-electron chi connectivity index (χ4n) is 1.81. The fourth-order valence-corrected chi connectivity index (χ4v) is 2.20. The van der Waals surface area contributed by atoms with Gasteiger partial charge in [0.15, 0.2) is 6.10 Å². The molecule has 0 aromatic heterocycles. The molecule has 1 unspecified atom stereocenters. The summed E-state index contributed by atoms with van der Waals surface area (Å²) in [7, 11) is 0. The van der Waals surface area contributed by atoms with E-state index in [1.807, 2.05) is 18.2 Å². The van der Waals surface area contributed by atoms with Crippen molar-refractivity contribution in [1.29, 1.82) is 0 Å². The average Bonchev–Trinajstić information content (AvgIpc) is 3.23. The van der Waals surface area contributed by atoms with Crippen molar-refractivity contribution in [1.82, 2.24) is 5.32 Å². The quantitative estimate of drug-likeness (QED) is 0.774. The van der Waals surface area contributed by atoms with Crippen molar-refractivity contribution in [3.63, 3.8) is 0 Å². The molecule has 0 heterocycles. The third-order valence-electron chi connectivity index (χ3n) is 3.11. The highest BCUT2D eigenvalue weighted by atomic mass is 79.9. The molecular weight excluding hydrogens is 322 g/mol. The first-order chi connectivity index (χ1) is 9.60. The average molecular weight is 342 g/mol. The maximum absolute atomic E-state index is 11.6. The van der Waals surface area contributed by atoms with Gasteiger partial charge in [-0.2, -0.15) is 0 Å². The van der Waals surface area contributed by atoms with Crippen LogP contribution in [-0.2, 0) is 16.1 Å². The summed E-state index contributed by atoms with van der Waals surface area (Å²) in [5.74, 6) is 0.342. The van der Waals surface area contributed by atoms with Crippen LogP contribution in [0.3, 0.4) is 0 Å². The minimum absolute atomic E-state index is 0.340. The summed E-state index contributed by atoms with van der Waals surface area (Å²) in [4.78, 5) is 11.6. The van der Waals surface area contributed by atoms with Gasteiger partial charge in [0.25, 0.3) is 0 Å². The first kappa shape index (κ1) is 15.3. The van der Waals surface area contributed by atoms with E-state index in [-0.39, 0.29) is 5.97 Å². The van der Waals surface area contributed by atoms with Crippen LogP contribution in [0, 0.1) is 0 Å². The number of hydrogen-bond acceptors (Lipinski definition) is 4. The van der Waals surface area contributed by atoms with Gasteiger partial charge in [-0.3, -0.25) is 0 Å². The fraction of sp³-hybridized carbons (Fsp3) is 0.533. The van der Waals surface area contributed by atoms with Crippen LogP contribution < -0.4 is 10.1 Å². The van der Waals surface area contributed by atoms with Crippen LogP contribution in [-0.4, -0.2) is 24.7 Å². The Kier molecular flexibility index (Phi) is 5.43. The molecule has 0 spiro atoms. The second-order valence-corrected chi connectivity index (χ2v) is 5.77. The number of halogens is 1. The lowest BCUT2D eigenvalue weighted by molar-refractivity contribution is -0.150. The SMILES string of the molecule is CCOC(=O)C(C)Oc1ccc(Br)c(CNC2CC2)c1. The van der Waals surface area contributed by atoms with Crippen molar-refractivity contribution in [3.05, 3.63) is 28.2 Å². The Morgan fingerprint density at radius 3 is 2.90 bits per heavy atom. The zero-order valence-electron chi connectivity index (χ0n) is 11.8. The molecule has 1 aliphatic carbocycles. The number of carbonyl (C=O) groups is 1. The van der Waals surface area contributed by atoms with E-state index in [1.54, 1.807) is 13.8 Å². The first-order valence-corrected chi connectivity index (χ1v) is 7.74. The number of nitrogens with one attached hydrogen (secondary N) is 1. The predicted octanol–water partition coefficient (Wildman–Crippen LogP) is 3.03. The van der Waals surface area contributed by atoms with Crippen molar-refractivity contribution in [2.75, 3.05) is 6.61 Å². The third-order valence-corrected chi connectivity index (χ3v) is 3.88. The summed E-state index contributed by atoms with van der Waals surface area (Å²) in [6.07, 6.45) is 1.92. The van der Waals surface area contributed by atoms with E-state index < -0.39 is 6.10 Å². The smallest absolute Gasteiger partial charge is 0.347 e. The van der Waals surface area contributed by atoms with Crippen LogP contribution in [0.15, 0.2) is 22.7 Å². The lowest BCUT2D eigenvalue weighted by Crippen LogP contribution is -2.26. The third kappa shape index (κ3) is 4.49. The molecule has 0 aliphatic heterocycles. The topological polar surface area (TPSA) is 47.6 Å². The molecule has 1 aromatic carbocycles. The maximum atomic E-state index is 11.6. The summed E-state index contributed by atoms with van der Waals surface area (Å²) in [5.41, 5.74) is 1.13. The minimum atomic E-state index is -0.597. The van der Waals surface area contributed by atoms with Gasteiger partial charge in [0.05, 0.1) is 6.61 Å². The van der Waals surface area contributed by atoms with Gasteiger partial charge < -0.3 is 14.8 Å². The Bertz CT molecular complexity index is 474. The monoisotopic (exact) mass is 341 g/mol. The molecule has 1 aromatic rings. The van der Waals surface area contributed by atoms with Crippen LogP contribution >= 0.6 is 15.9 Å². The van der Waals surface area contributed by atoms with Gasteiger partial charge in [0, 0.05) is 17.1 Å². The molecular formula is C15H20BrNO3. The van der Waals surface area contributed by atoms with E-state index in [0.717, 1.165) is 16.6 Å². The number of esters is 1. The van der Waals surface area contributed by atoms with Crippen LogP contribution in [0.5, 0.6) is 5.75 Å². The van der Waals surface area contributed by atoms with Crippen molar-refractivity contribution >= 4 is 21.9 Å². The molecule has 4 nitrogen and oxygen atoms in total. The van der Waals surface area contributed by atoms with E-state index in [2.05, 4.69) is 21.2 Å². The van der Waals surface area contributed by atoms with Gasteiger partial charge in [-0.05, 0) is 50.5 Å². The number of benzene rings is 1. The van der Waals surface area contributed by atoms with Gasteiger partial charge in [0.2, 0.25) is 0 Å². The first-order valence-electron chi connectivity index (χ1n) is 6.95. The Hall–Kier alpha value is -1.07. The highest BCUT2D eigenvalue weighted by Gasteiger charge is 2.21. The van der Waals surface area contributed by atoms with Gasteiger partial charge >= 0.3 is 5.97 Å². The standard InChI is InChI=1S/C15H20BrNO3/c1-3-19-15(18)10(2)20-13-6-7-14(16)11(8-13)9-17-12-4-5-12/h6-8,10,12,17H,3-5,9H2,1-2H3. The van der Waals surface area contributed by atoms with E-state index in [0.29, 0.717) is 18.4 Å². The maximum Gasteiger partial charge on any atom is 0.347 e. The second-order valence-electron chi connectivity index (χ2n) is 4.92. The Morgan fingerprint density at radius 2 is 2.25 bits per heavy atom. The number of rotatable bonds is 7. The minimum Gasteiger partial charge on any atom is -0.479 e. The van der Waals surface area contributed by atoms with Gasteiger partial charge in [-0.15, -0.1) is 0 Å².